The van der Waals surface area contributed by atoms with Crippen molar-refractivity contribution in [3.05, 3.63) is 88.4 Å². The van der Waals surface area contributed by atoms with Crippen molar-refractivity contribution >= 4 is 60.9 Å². The van der Waals surface area contributed by atoms with E-state index >= 15 is 0 Å². The number of aliphatic hydroxyl groups is 1. The minimum Gasteiger partial charge on any atom is -0.452 e. The van der Waals surface area contributed by atoms with E-state index in [2.05, 4.69) is 4.98 Å². The topological polar surface area (TPSA) is 143 Å². The molecule has 4 aromatic rings. The van der Waals surface area contributed by atoms with Gasteiger partial charge in [0.15, 0.2) is 0 Å². The quantitative estimate of drug-likeness (QED) is 0.173. The second-order valence-electron chi connectivity index (χ2n) is 11.3. The molecule has 0 aliphatic carbocycles. The Morgan fingerprint density at radius 2 is 1.74 bits per heavy atom. The van der Waals surface area contributed by atoms with Gasteiger partial charge in [0.25, 0.3) is 5.91 Å². The maximum atomic E-state index is 14.0. The lowest BCUT2D eigenvalue weighted by molar-refractivity contribution is -0.119. The standard InChI is InChI=1S/C33H39ClN4O6S2/c1-22(2)16-17-37(46(42,43)26-14-15-29-31(19-26)45-21-36-29)25(20-39)13-12-23-8-5-7-11-30(23)38(33(41)44-3)32(40)28(35)18-24-9-4-6-10-27(24)34/h4-11,14-15,19,21-22,25,28,39H,12-13,16-18,20,35H2,1-3H3/t25-,28-/m0/s1. The lowest BCUT2D eigenvalue weighted by atomic mass is 10.0. The van der Waals surface area contributed by atoms with E-state index in [-0.39, 0.29) is 42.3 Å². The molecule has 4 rings (SSSR count). The zero-order chi connectivity index (χ0) is 33.4. The SMILES string of the molecule is COC(=O)N(C(=O)[C@@H](N)Cc1ccccc1Cl)c1ccccc1CC[C@@H](CO)N(CCC(C)C)S(=O)(=O)c1ccc2ncsc2c1. The van der Waals surface area contributed by atoms with Crippen molar-refractivity contribution in [3.63, 3.8) is 0 Å². The molecule has 3 aromatic carbocycles. The number of amides is 2. The first-order valence-corrected chi connectivity index (χ1v) is 17.6. The second-order valence-corrected chi connectivity index (χ2v) is 14.5. The molecule has 2 amide bonds. The number of methoxy groups -OCH3 is 1. The molecule has 2 atom stereocenters. The summed E-state index contributed by atoms with van der Waals surface area (Å²) in [6.45, 7) is 3.79. The molecule has 13 heteroatoms. The number of thiazole rings is 1. The minimum atomic E-state index is -4.00. The molecule has 246 valence electrons. The number of benzene rings is 3. The number of imide groups is 1. The fourth-order valence-corrected chi connectivity index (χ4v) is 7.85. The minimum absolute atomic E-state index is 0.0940. The Kier molecular flexibility index (Phi) is 12.3. The molecule has 1 heterocycles. The molecule has 0 aliphatic rings. The van der Waals surface area contributed by atoms with E-state index < -0.39 is 40.7 Å². The number of aryl methyl sites for hydroxylation is 1. The highest BCUT2D eigenvalue weighted by atomic mass is 35.5. The van der Waals surface area contributed by atoms with Crippen LogP contribution in [0.2, 0.25) is 5.02 Å². The largest absolute Gasteiger partial charge is 0.452 e. The molecule has 0 radical (unpaired) electrons. The second kappa shape index (κ2) is 15.9. The number of nitrogens with zero attached hydrogens (tertiary/aromatic N) is 3. The maximum absolute atomic E-state index is 14.0. The molecule has 0 aliphatic heterocycles. The van der Waals surface area contributed by atoms with E-state index in [1.165, 1.54) is 28.8 Å². The first-order valence-electron chi connectivity index (χ1n) is 14.9. The van der Waals surface area contributed by atoms with Crippen LogP contribution in [0.4, 0.5) is 10.5 Å². The van der Waals surface area contributed by atoms with Crippen molar-refractivity contribution in [2.75, 3.05) is 25.2 Å². The zero-order valence-corrected chi connectivity index (χ0v) is 28.4. The van der Waals surface area contributed by atoms with Crippen molar-refractivity contribution in [1.82, 2.24) is 9.29 Å². The Morgan fingerprint density at radius 3 is 2.41 bits per heavy atom. The summed E-state index contributed by atoms with van der Waals surface area (Å²) >= 11 is 7.64. The van der Waals surface area contributed by atoms with Gasteiger partial charge in [-0.3, -0.25) is 4.79 Å². The van der Waals surface area contributed by atoms with E-state index in [0.717, 1.165) is 9.60 Å². The number of halogens is 1. The highest BCUT2D eigenvalue weighted by Crippen LogP contribution is 2.29. The number of hydrogen-bond donors (Lipinski definition) is 2. The van der Waals surface area contributed by atoms with Crippen LogP contribution in [0.1, 0.15) is 37.8 Å². The molecule has 0 spiro atoms. The fraction of sp³-hybridized carbons (Fsp3) is 0.364. The number of hydrogen-bond acceptors (Lipinski definition) is 9. The molecular formula is C33H39ClN4O6S2. The van der Waals surface area contributed by atoms with Gasteiger partial charge in [-0.25, -0.2) is 23.1 Å². The summed E-state index contributed by atoms with van der Waals surface area (Å²) < 4.78 is 35.1. The number of aromatic nitrogens is 1. The Morgan fingerprint density at radius 1 is 1.04 bits per heavy atom. The highest BCUT2D eigenvalue weighted by Gasteiger charge is 2.34. The Labute approximate surface area is 278 Å². The van der Waals surface area contributed by atoms with Gasteiger partial charge < -0.3 is 15.6 Å². The summed E-state index contributed by atoms with van der Waals surface area (Å²) in [4.78, 5) is 31.9. The number of rotatable bonds is 14. The van der Waals surface area contributed by atoms with E-state index in [1.807, 2.05) is 13.8 Å². The van der Waals surface area contributed by atoms with Crippen LogP contribution in [0.5, 0.6) is 0 Å². The summed E-state index contributed by atoms with van der Waals surface area (Å²) in [6, 6.07) is 16.7. The van der Waals surface area contributed by atoms with E-state index in [1.54, 1.807) is 66.2 Å². The predicted molar refractivity (Wildman–Crippen MR) is 182 cm³/mol. The number of carbonyl (C=O) groups is 2. The van der Waals surface area contributed by atoms with Crippen LogP contribution in [0.3, 0.4) is 0 Å². The van der Waals surface area contributed by atoms with Crippen LogP contribution in [-0.4, -0.2) is 67.2 Å². The van der Waals surface area contributed by atoms with E-state index in [4.69, 9.17) is 22.1 Å². The molecule has 1 aromatic heterocycles. The smallest absolute Gasteiger partial charge is 0.420 e. The average molecular weight is 687 g/mol. The van der Waals surface area contributed by atoms with Crippen molar-refractivity contribution in [2.45, 2.75) is 56.5 Å². The van der Waals surface area contributed by atoms with Gasteiger partial charge in [0.1, 0.15) is 0 Å². The number of para-hydroxylation sites is 1. The summed E-state index contributed by atoms with van der Waals surface area (Å²) in [6.07, 6.45) is 0.219. The van der Waals surface area contributed by atoms with Crippen LogP contribution >= 0.6 is 22.9 Å². The molecule has 0 bridgehead atoms. The van der Waals surface area contributed by atoms with Crippen molar-refractivity contribution in [1.29, 1.82) is 0 Å². The zero-order valence-electron chi connectivity index (χ0n) is 26.0. The van der Waals surface area contributed by atoms with Crippen molar-refractivity contribution in [3.8, 4) is 0 Å². The van der Waals surface area contributed by atoms with Gasteiger partial charge in [-0.05, 0) is 73.1 Å². The number of sulfonamides is 1. The van der Waals surface area contributed by atoms with Crippen LogP contribution < -0.4 is 10.6 Å². The van der Waals surface area contributed by atoms with Crippen molar-refractivity contribution in [2.24, 2.45) is 11.7 Å². The molecule has 3 N–H and O–H groups in total. The lowest BCUT2D eigenvalue weighted by Gasteiger charge is -2.31. The number of nitrogens with two attached hydrogens (primary N) is 1. The van der Waals surface area contributed by atoms with Crippen LogP contribution in [0.15, 0.2) is 77.1 Å². The Bertz CT molecular complexity index is 1760. The first kappa shape index (κ1) is 35.5. The van der Waals surface area contributed by atoms with Gasteiger partial charge in [0.2, 0.25) is 10.0 Å². The molecular weight excluding hydrogens is 648 g/mol. The summed E-state index contributed by atoms with van der Waals surface area (Å²) in [5, 5.41) is 11.0. The van der Waals surface area contributed by atoms with Gasteiger partial charge in [-0.1, -0.05) is 61.8 Å². The molecule has 0 saturated carbocycles. The van der Waals surface area contributed by atoms with Crippen LogP contribution in [0.25, 0.3) is 10.2 Å². The molecule has 46 heavy (non-hydrogen) atoms. The van der Waals surface area contributed by atoms with Gasteiger partial charge in [0.05, 0.1) is 46.1 Å². The number of fused-ring (bicyclic) bond motifs is 1. The number of ether oxygens (including phenoxy) is 1. The summed E-state index contributed by atoms with van der Waals surface area (Å²) in [7, 11) is -2.82. The number of carbonyl (C=O) groups excluding carboxylic acids is 2. The average Bonchev–Trinajstić information content (AvgIpc) is 3.52. The lowest BCUT2D eigenvalue weighted by Crippen LogP contribution is -2.48. The highest BCUT2D eigenvalue weighted by molar-refractivity contribution is 7.89. The van der Waals surface area contributed by atoms with Gasteiger partial charge in [0, 0.05) is 17.6 Å². The summed E-state index contributed by atoms with van der Waals surface area (Å²) in [5.74, 6) is -0.464. The molecule has 0 saturated heterocycles. The molecule has 10 nitrogen and oxygen atoms in total. The Hall–Kier alpha value is -3.39. The third-order valence-corrected chi connectivity index (χ3v) is 10.8. The van der Waals surface area contributed by atoms with Crippen LogP contribution in [0, 0.1) is 5.92 Å². The fourth-order valence-electron chi connectivity index (χ4n) is 5.16. The molecule has 0 unspecified atom stereocenters. The third kappa shape index (κ3) is 8.30. The van der Waals surface area contributed by atoms with Gasteiger partial charge in [-0.2, -0.15) is 4.31 Å². The predicted octanol–water partition coefficient (Wildman–Crippen LogP) is 5.65. The van der Waals surface area contributed by atoms with E-state index in [9.17, 15) is 23.1 Å². The number of aliphatic hydroxyl groups excluding tert-OH is 1. The van der Waals surface area contributed by atoms with E-state index in [0.29, 0.717) is 28.1 Å². The van der Waals surface area contributed by atoms with Crippen molar-refractivity contribution < 1.29 is 27.9 Å². The van der Waals surface area contributed by atoms with Gasteiger partial charge >= 0.3 is 6.09 Å². The third-order valence-electron chi connectivity index (χ3n) is 7.73. The normalized spacial score (nSPS) is 13.2. The monoisotopic (exact) mass is 686 g/mol. The summed E-state index contributed by atoms with van der Waals surface area (Å²) in [5.41, 5.74) is 10.2. The van der Waals surface area contributed by atoms with Gasteiger partial charge in [-0.15, -0.1) is 11.3 Å². The Balaban J connectivity index is 1.62. The molecule has 0 fully saturated rings. The number of anilines is 1. The van der Waals surface area contributed by atoms with Crippen LogP contribution in [-0.2, 0) is 32.4 Å². The maximum Gasteiger partial charge on any atom is 0.420 e. The first-order chi connectivity index (χ1) is 22.0.